The summed E-state index contributed by atoms with van der Waals surface area (Å²) in [5.41, 5.74) is 18.8. The maximum Gasteiger partial charge on any atom is 0.364 e. The number of carboxylic acids is 1. The van der Waals surface area contributed by atoms with E-state index in [9.17, 15) is 91.6 Å². The smallest absolute Gasteiger partial charge is 0.364 e. The lowest BCUT2D eigenvalue weighted by Gasteiger charge is -2.52. The number of carboxylic acid groups (broad SMARTS) is 1. The summed E-state index contributed by atoms with van der Waals surface area (Å²) in [6.45, 7) is -3.35. The Kier molecular flexibility index (Phi) is 30.7. The molecule has 0 aromatic carbocycles. The van der Waals surface area contributed by atoms with Crippen molar-refractivity contribution in [2.24, 2.45) is 17.2 Å². The van der Waals surface area contributed by atoms with E-state index in [2.05, 4.69) is 6.92 Å². The average molecular weight is 1220 g/mol. The highest BCUT2D eigenvalue weighted by Gasteiger charge is 2.61. The van der Waals surface area contributed by atoms with Gasteiger partial charge in [0.2, 0.25) is 0 Å². The SMILES string of the molecule is CCCCCCCCCCCCCCC/C=C/C(O)C(N)CO[C@@H]1O[C@H](CO)[C@@H](O[C@@H]2O[C@H](CO)[C@H](O[C@@H]3O[C@H](CO)[C@H](O)[C@H](O[C@@H]4O[C@H](CO)[C@H](O)[C@H](O)[C@H]4O)[C@H]3N)[C@H](O[C@]3(C(=O)O)C[C@H](O)[C@@H](N)[C@H](C(O)C(O)CO)O3)[C@H]2O)[C@H](O)[C@H]1O. The molecule has 492 valence electrons. The summed E-state index contributed by atoms with van der Waals surface area (Å²) in [5, 5.41) is 183. The van der Waals surface area contributed by atoms with Gasteiger partial charge in [-0.3, -0.25) is 0 Å². The Labute approximate surface area is 487 Å². The molecule has 31 heteroatoms. The summed E-state index contributed by atoms with van der Waals surface area (Å²) in [4.78, 5) is 13.4. The molecule has 5 aliphatic rings. The number of ether oxygens (including phenoxy) is 10. The van der Waals surface area contributed by atoms with Gasteiger partial charge in [0.05, 0.1) is 70.0 Å². The summed E-state index contributed by atoms with van der Waals surface area (Å²) in [5.74, 6) is -5.29. The number of hydrogen-bond donors (Lipinski definition) is 20. The fraction of sp³-hybridized carbons (Fsp3) is 0.943. The van der Waals surface area contributed by atoms with Crippen LogP contribution in [0.25, 0.3) is 0 Å². The molecule has 5 saturated heterocycles. The number of aliphatic carboxylic acids is 1. The molecule has 0 amide bonds. The van der Waals surface area contributed by atoms with Crippen LogP contribution >= 0.6 is 0 Å². The lowest BCUT2D eigenvalue weighted by atomic mass is 9.88. The molecular formula is C53H97N3O28. The number of nitrogens with two attached hydrogens (primary N) is 3. The van der Waals surface area contributed by atoms with E-state index in [4.69, 9.17) is 64.6 Å². The summed E-state index contributed by atoms with van der Waals surface area (Å²) in [6, 6.07) is -4.52. The number of rotatable bonds is 35. The van der Waals surface area contributed by atoms with Crippen molar-refractivity contribution in [1.82, 2.24) is 0 Å². The Morgan fingerprint density at radius 2 is 1.06 bits per heavy atom. The summed E-state index contributed by atoms with van der Waals surface area (Å²) >= 11 is 0. The summed E-state index contributed by atoms with van der Waals surface area (Å²) in [6.07, 6.45) is -27.8. The third-order valence-corrected chi connectivity index (χ3v) is 16.1. The predicted molar refractivity (Wildman–Crippen MR) is 285 cm³/mol. The molecule has 0 radical (unpaired) electrons. The highest BCUT2D eigenvalue weighted by Crippen LogP contribution is 2.40. The van der Waals surface area contributed by atoms with Gasteiger partial charge in [-0.05, 0) is 12.8 Å². The van der Waals surface area contributed by atoms with Gasteiger partial charge in [-0.25, -0.2) is 4.79 Å². The molecule has 0 aromatic rings. The second kappa shape index (κ2) is 35.4. The topological polar surface area (TPSA) is 531 Å². The Hall–Kier alpha value is -1.95. The molecule has 84 heavy (non-hydrogen) atoms. The van der Waals surface area contributed by atoms with Crippen LogP contribution in [0, 0.1) is 0 Å². The summed E-state index contributed by atoms with van der Waals surface area (Å²) < 4.78 is 58.2. The second-order valence-electron chi connectivity index (χ2n) is 22.5. The van der Waals surface area contributed by atoms with Crippen molar-refractivity contribution in [3.05, 3.63) is 12.2 Å². The second-order valence-corrected chi connectivity index (χ2v) is 22.5. The normalized spacial score (nSPS) is 41.1. The van der Waals surface area contributed by atoms with Crippen LogP contribution in [0.1, 0.15) is 103 Å². The Balaban J connectivity index is 1.31. The molecule has 23 N–H and O–H groups in total. The predicted octanol–water partition coefficient (Wildman–Crippen LogP) is -7.04. The highest BCUT2D eigenvalue weighted by molar-refractivity contribution is 5.76. The first-order valence-electron chi connectivity index (χ1n) is 29.3. The van der Waals surface area contributed by atoms with Gasteiger partial charge in [0.25, 0.3) is 5.79 Å². The molecule has 4 unspecified atom stereocenters. The molecule has 0 aliphatic carbocycles. The molecule has 28 atom stereocenters. The number of unbranched alkanes of at least 4 members (excludes halogenated alkanes) is 13. The van der Waals surface area contributed by atoms with Crippen LogP contribution in [0.2, 0.25) is 0 Å². The molecule has 0 aromatic heterocycles. The van der Waals surface area contributed by atoms with Crippen LogP contribution in [-0.4, -0.2) is 304 Å². The molecule has 5 aliphatic heterocycles. The van der Waals surface area contributed by atoms with Crippen molar-refractivity contribution < 1.29 is 139 Å². The van der Waals surface area contributed by atoms with Crippen LogP contribution in [0.5, 0.6) is 0 Å². The van der Waals surface area contributed by atoms with Crippen LogP contribution < -0.4 is 17.2 Å². The van der Waals surface area contributed by atoms with E-state index < -0.39 is 223 Å². The fourth-order valence-electron chi connectivity index (χ4n) is 10.9. The first kappa shape index (κ1) is 72.8. The number of allylic oxidation sites excluding steroid dienone is 1. The molecular weight excluding hydrogens is 1130 g/mol. The van der Waals surface area contributed by atoms with Gasteiger partial charge >= 0.3 is 5.97 Å². The first-order valence-corrected chi connectivity index (χ1v) is 29.3. The van der Waals surface area contributed by atoms with Gasteiger partial charge in [-0.2, -0.15) is 0 Å². The molecule has 31 nitrogen and oxygen atoms in total. The first-order chi connectivity index (χ1) is 40.0. The van der Waals surface area contributed by atoms with E-state index in [-0.39, 0.29) is 0 Å². The standard InChI is InChI=1S/C53H97N3O28/c1-2-3-4-5-6-7-8-9-10-11-12-13-14-15-16-17-26(62)25(54)24-75-49-41(71)39(69)43(31(22-60)78-49)80-51-42(72)47(84-53(52(73)74)18-27(63)33(55)46(83-53)35(65)28(64)19-57)44(32(23-61)79-51)81-48-34(56)45(37(67)30(21-59)76-48)82-50-40(70)38(68)36(66)29(20-58)77-50/h16-17,25-51,57-72H,2-15,18-24,54-56H2,1H3,(H,73,74)/b17-16+/t25?,26?,27-,28?,29+,30+,31+,32+,33+,34+,35?,36-,37-,38-,39+,40+,41+,42+,43+,44-,45+,46+,47+,48-,49+,50-,51-,53-/m0/s1. The Morgan fingerprint density at radius 3 is 1.63 bits per heavy atom. The quantitative estimate of drug-likeness (QED) is 0.0207. The molecule has 0 saturated carbocycles. The maximum atomic E-state index is 13.4. The molecule has 5 fully saturated rings. The van der Waals surface area contributed by atoms with Crippen molar-refractivity contribution in [2.75, 3.05) is 39.6 Å². The third kappa shape index (κ3) is 18.8. The zero-order valence-corrected chi connectivity index (χ0v) is 47.4. The van der Waals surface area contributed by atoms with Gasteiger partial charge in [0.15, 0.2) is 25.2 Å². The van der Waals surface area contributed by atoms with Crippen molar-refractivity contribution in [1.29, 1.82) is 0 Å². The number of carbonyl (C=O) groups is 1. The molecule has 5 heterocycles. The van der Waals surface area contributed by atoms with Crippen LogP contribution in [-0.2, 0) is 52.2 Å². The third-order valence-electron chi connectivity index (χ3n) is 16.1. The van der Waals surface area contributed by atoms with E-state index in [1.54, 1.807) is 0 Å². The average Bonchev–Trinajstić information content (AvgIpc) is 3.68. The summed E-state index contributed by atoms with van der Waals surface area (Å²) in [7, 11) is 0. The van der Waals surface area contributed by atoms with Gasteiger partial charge in [0, 0.05) is 6.42 Å². The monoisotopic (exact) mass is 1220 g/mol. The lowest BCUT2D eigenvalue weighted by Crippen LogP contribution is -2.71. The van der Waals surface area contributed by atoms with E-state index in [0.29, 0.717) is 6.42 Å². The molecule has 5 rings (SSSR count). The van der Waals surface area contributed by atoms with Gasteiger partial charge in [0.1, 0.15) is 110 Å². The van der Waals surface area contributed by atoms with Crippen molar-refractivity contribution in [3.63, 3.8) is 0 Å². The number of aliphatic hydroxyl groups is 16. The minimum absolute atomic E-state index is 0.428. The minimum Gasteiger partial charge on any atom is -0.477 e. The number of aliphatic hydroxyl groups excluding tert-OH is 16. The van der Waals surface area contributed by atoms with E-state index >= 15 is 0 Å². The molecule has 0 bridgehead atoms. The van der Waals surface area contributed by atoms with Crippen molar-refractivity contribution in [2.45, 2.75) is 274 Å². The largest absolute Gasteiger partial charge is 0.477 e. The van der Waals surface area contributed by atoms with E-state index in [1.807, 2.05) is 6.08 Å². The Morgan fingerprint density at radius 1 is 0.571 bits per heavy atom. The van der Waals surface area contributed by atoms with E-state index in [0.717, 1.165) is 19.3 Å². The maximum absolute atomic E-state index is 13.4. The van der Waals surface area contributed by atoms with Crippen molar-refractivity contribution >= 4 is 5.97 Å². The van der Waals surface area contributed by atoms with Crippen LogP contribution in [0.4, 0.5) is 0 Å². The highest BCUT2D eigenvalue weighted by atomic mass is 16.8. The van der Waals surface area contributed by atoms with Crippen LogP contribution in [0.15, 0.2) is 12.2 Å². The lowest BCUT2D eigenvalue weighted by molar-refractivity contribution is -0.402. The van der Waals surface area contributed by atoms with Crippen molar-refractivity contribution in [3.8, 4) is 0 Å². The molecule has 0 spiro atoms. The zero-order chi connectivity index (χ0) is 62.0. The Bertz CT molecular complexity index is 1890. The minimum atomic E-state index is -3.22. The van der Waals surface area contributed by atoms with Crippen LogP contribution in [0.3, 0.4) is 0 Å². The van der Waals surface area contributed by atoms with E-state index in [1.165, 1.54) is 70.3 Å². The zero-order valence-electron chi connectivity index (χ0n) is 47.4. The van der Waals surface area contributed by atoms with Gasteiger partial charge < -0.3 is 151 Å². The van der Waals surface area contributed by atoms with Gasteiger partial charge in [-0.1, -0.05) is 96.1 Å². The van der Waals surface area contributed by atoms with Gasteiger partial charge in [-0.15, -0.1) is 0 Å². The number of hydrogen-bond acceptors (Lipinski definition) is 30. The fourth-order valence-corrected chi connectivity index (χ4v) is 10.9.